The smallest absolute Gasteiger partial charge is 0.261 e. The van der Waals surface area contributed by atoms with Crippen molar-refractivity contribution in [1.29, 1.82) is 0 Å². The number of morpholine rings is 1. The van der Waals surface area contributed by atoms with E-state index in [0.29, 0.717) is 36.9 Å². The molecule has 0 aromatic carbocycles. The van der Waals surface area contributed by atoms with Gasteiger partial charge in [-0.05, 0) is 24.8 Å². The van der Waals surface area contributed by atoms with Crippen LogP contribution in [0.4, 0.5) is 0 Å². The molecular weight excluding hydrogens is 402 g/mol. The topological polar surface area (TPSA) is 91.8 Å². The number of nitrogens with one attached hydrogen (secondary N) is 1. The standard InChI is InChI=1S/C22H29N3O4S/c26-11-9-23-21(28)20-19(16-7-4-8-24-22(16)30-20)17-14-25(10-12-29-17)18(27)13-15-5-2-1-3-6-15/h4,7-8,15,17,26H,1-3,5-6,9-14H2,(H,23,28). The van der Waals surface area contributed by atoms with Gasteiger partial charge in [0.1, 0.15) is 15.8 Å². The summed E-state index contributed by atoms with van der Waals surface area (Å²) in [6.07, 6.45) is 7.99. The van der Waals surface area contributed by atoms with Crippen LogP contribution < -0.4 is 5.32 Å². The summed E-state index contributed by atoms with van der Waals surface area (Å²) in [6, 6.07) is 3.80. The predicted molar refractivity (Wildman–Crippen MR) is 116 cm³/mol. The van der Waals surface area contributed by atoms with Gasteiger partial charge in [0.25, 0.3) is 5.91 Å². The average Bonchev–Trinajstić information content (AvgIpc) is 3.18. The molecule has 2 fully saturated rings. The molecule has 2 amide bonds. The van der Waals surface area contributed by atoms with Crippen LogP contribution in [0.2, 0.25) is 0 Å². The van der Waals surface area contributed by atoms with Crippen LogP contribution >= 0.6 is 11.3 Å². The number of hydrogen-bond acceptors (Lipinski definition) is 6. The van der Waals surface area contributed by atoms with Crippen molar-refractivity contribution >= 4 is 33.4 Å². The lowest BCUT2D eigenvalue weighted by Gasteiger charge is -2.34. The molecule has 2 aromatic heterocycles. The first-order chi connectivity index (χ1) is 14.7. The molecule has 1 aliphatic carbocycles. The van der Waals surface area contributed by atoms with E-state index in [-0.39, 0.29) is 31.1 Å². The van der Waals surface area contributed by atoms with Crippen molar-refractivity contribution in [3.63, 3.8) is 0 Å². The highest BCUT2D eigenvalue weighted by Gasteiger charge is 2.32. The van der Waals surface area contributed by atoms with Crippen molar-refractivity contribution in [2.24, 2.45) is 5.92 Å². The first-order valence-electron chi connectivity index (χ1n) is 10.8. The Balaban J connectivity index is 1.55. The van der Waals surface area contributed by atoms with E-state index < -0.39 is 0 Å². The molecule has 1 aliphatic heterocycles. The first kappa shape index (κ1) is 21.2. The Bertz CT molecular complexity index is 894. The van der Waals surface area contributed by atoms with Gasteiger partial charge in [0, 0.05) is 36.7 Å². The predicted octanol–water partition coefficient (Wildman–Crippen LogP) is 2.89. The van der Waals surface area contributed by atoms with Gasteiger partial charge < -0.3 is 20.1 Å². The number of carbonyl (C=O) groups excluding carboxylic acids is 2. The highest BCUT2D eigenvalue weighted by Crippen LogP contribution is 2.37. The highest BCUT2D eigenvalue weighted by molar-refractivity contribution is 7.20. The van der Waals surface area contributed by atoms with Gasteiger partial charge in [-0.25, -0.2) is 4.98 Å². The second-order valence-corrected chi connectivity index (χ2v) is 9.09. The zero-order chi connectivity index (χ0) is 20.9. The Morgan fingerprint density at radius 1 is 1.30 bits per heavy atom. The molecule has 0 bridgehead atoms. The molecule has 8 heteroatoms. The van der Waals surface area contributed by atoms with E-state index in [9.17, 15) is 9.59 Å². The molecule has 2 aliphatic rings. The summed E-state index contributed by atoms with van der Waals surface area (Å²) in [4.78, 5) is 33.3. The number of nitrogens with zero attached hydrogens (tertiary/aromatic N) is 2. The number of carbonyl (C=O) groups is 2. The summed E-state index contributed by atoms with van der Waals surface area (Å²) in [5.41, 5.74) is 0.800. The molecule has 162 valence electrons. The SMILES string of the molecule is O=C(NCCO)c1sc2ncccc2c1C1CN(C(=O)CC2CCCCC2)CCO1. The molecule has 2 aromatic rings. The molecule has 0 spiro atoms. The minimum Gasteiger partial charge on any atom is -0.395 e. The minimum absolute atomic E-state index is 0.117. The molecule has 30 heavy (non-hydrogen) atoms. The van der Waals surface area contributed by atoms with E-state index in [1.54, 1.807) is 6.20 Å². The summed E-state index contributed by atoms with van der Waals surface area (Å²) < 4.78 is 6.05. The van der Waals surface area contributed by atoms with E-state index in [0.717, 1.165) is 28.6 Å². The Hall–Kier alpha value is -2.03. The maximum Gasteiger partial charge on any atom is 0.261 e. The number of rotatable bonds is 6. The van der Waals surface area contributed by atoms with Gasteiger partial charge in [-0.15, -0.1) is 11.3 Å². The minimum atomic E-state index is -0.359. The number of ether oxygens (including phenoxy) is 1. The fourth-order valence-corrected chi connectivity index (χ4v) is 5.62. The summed E-state index contributed by atoms with van der Waals surface area (Å²) in [7, 11) is 0. The van der Waals surface area contributed by atoms with E-state index in [1.165, 1.54) is 30.6 Å². The number of thiophene rings is 1. The molecule has 2 N–H and O–H groups in total. The van der Waals surface area contributed by atoms with Crippen LogP contribution in [-0.4, -0.2) is 59.7 Å². The van der Waals surface area contributed by atoms with Gasteiger partial charge in [0.15, 0.2) is 0 Å². The molecule has 7 nitrogen and oxygen atoms in total. The van der Waals surface area contributed by atoms with Crippen LogP contribution in [-0.2, 0) is 9.53 Å². The van der Waals surface area contributed by atoms with Gasteiger partial charge in [0.2, 0.25) is 5.91 Å². The highest BCUT2D eigenvalue weighted by atomic mass is 32.1. The van der Waals surface area contributed by atoms with Crippen molar-refractivity contribution in [2.75, 3.05) is 32.8 Å². The third-order valence-electron chi connectivity index (χ3n) is 6.04. The maximum atomic E-state index is 13.0. The van der Waals surface area contributed by atoms with E-state index in [4.69, 9.17) is 9.84 Å². The van der Waals surface area contributed by atoms with Crippen LogP contribution in [0.25, 0.3) is 10.2 Å². The summed E-state index contributed by atoms with van der Waals surface area (Å²) in [6.45, 7) is 1.57. The van der Waals surface area contributed by atoms with Gasteiger partial charge in [0.05, 0.1) is 19.8 Å². The lowest BCUT2D eigenvalue weighted by atomic mass is 9.86. The zero-order valence-corrected chi connectivity index (χ0v) is 18.0. The summed E-state index contributed by atoms with van der Waals surface area (Å²) in [5, 5.41) is 12.7. The van der Waals surface area contributed by atoms with E-state index in [1.807, 2.05) is 17.0 Å². The molecule has 1 unspecified atom stereocenters. The first-order valence-corrected chi connectivity index (χ1v) is 11.6. The van der Waals surface area contributed by atoms with Crippen molar-refractivity contribution in [3.8, 4) is 0 Å². The molecule has 3 heterocycles. The van der Waals surface area contributed by atoms with Crippen molar-refractivity contribution in [1.82, 2.24) is 15.2 Å². The molecule has 0 radical (unpaired) electrons. The lowest BCUT2D eigenvalue weighted by Crippen LogP contribution is -2.43. The Kier molecular flexibility index (Phi) is 6.97. The van der Waals surface area contributed by atoms with Crippen molar-refractivity contribution < 1.29 is 19.4 Å². The normalized spacial score (nSPS) is 20.4. The monoisotopic (exact) mass is 431 g/mol. The fourth-order valence-electron chi connectivity index (χ4n) is 4.51. The van der Waals surface area contributed by atoms with Crippen molar-refractivity contribution in [3.05, 3.63) is 28.8 Å². The number of aromatic nitrogens is 1. The van der Waals surface area contributed by atoms with Gasteiger partial charge in [-0.1, -0.05) is 25.3 Å². The number of aliphatic hydroxyl groups is 1. The van der Waals surface area contributed by atoms with Crippen LogP contribution in [0, 0.1) is 5.92 Å². The maximum absolute atomic E-state index is 13.0. The fraction of sp³-hybridized carbons (Fsp3) is 0.591. The van der Waals surface area contributed by atoms with Crippen LogP contribution in [0.5, 0.6) is 0 Å². The van der Waals surface area contributed by atoms with Crippen LogP contribution in [0.1, 0.15) is 59.9 Å². The molecule has 1 atom stereocenters. The third kappa shape index (κ3) is 4.66. The van der Waals surface area contributed by atoms with Crippen LogP contribution in [0.15, 0.2) is 18.3 Å². The average molecular weight is 432 g/mol. The largest absolute Gasteiger partial charge is 0.395 e. The van der Waals surface area contributed by atoms with Gasteiger partial charge in [-0.3, -0.25) is 9.59 Å². The second kappa shape index (κ2) is 9.85. The quantitative estimate of drug-likeness (QED) is 0.734. The second-order valence-electron chi connectivity index (χ2n) is 8.09. The number of pyridine rings is 1. The Morgan fingerprint density at radius 2 is 2.13 bits per heavy atom. The van der Waals surface area contributed by atoms with Gasteiger partial charge >= 0.3 is 0 Å². The van der Waals surface area contributed by atoms with Crippen molar-refractivity contribution in [2.45, 2.75) is 44.6 Å². The Morgan fingerprint density at radius 3 is 2.93 bits per heavy atom. The molecule has 1 saturated heterocycles. The number of amides is 2. The number of hydrogen-bond donors (Lipinski definition) is 2. The molecule has 1 saturated carbocycles. The number of aliphatic hydroxyl groups excluding tert-OH is 1. The van der Waals surface area contributed by atoms with E-state index in [2.05, 4.69) is 10.3 Å². The third-order valence-corrected chi connectivity index (χ3v) is 7.17. The van der Waals surface area contributed by atoms with E-state index >= 15 is 0 Å². The van der Waals surface area contributed by atoms with Crippen LogP contribution in [0.3, 0.4) is 0 Å². The number of fused-ring (bicyclic) bond motifs is 1. The molecular formula is C22H29N3O4S. The summed E-state index contributed by atoms with van der Waals surface area (Å²) >= 11 is 1.33. The zero-order valence-electron chi connectivity index (χ0n) is 17.1. The molecule has 4 rings (SSSR count). The Labute approximate surface area is 180 Å². The lowest BCUT2D eigenvalue weighted by molar-refractivity contribution is -0.140. The summed E-state index contributed by atoms with van der Waals surface area (Å²) in [5.74, 6) is 0.453. The van der Waals surface area contributed by atoms with Gasteiger partial charge in [-0.2, -0.15) is 0 Å².